The van der Waals surface area contributed by atoms with Crippen LogP contribution in [0.4, 0.5) is 0 Å². The Balaban J connectivity index is 2.13. The topological polar surface area (TPSA) is 42.4 Å². The first-order valence-corrected chi connectivity index (χ1v) is 6.91. The lowest BCUT2D eigenvalue weighted by atomic mass is 10.0. The SMILES string of the molecule is Cc1nc2ccccc2c(C(=O)N2CCOCC2)c1C. The minimum atomic E-state index is 0.0903. The second-order valence-corrected chi connectivity index (χ2v) is 5.12. The average Bonchev–Trinajstić information content (AvgIpc) is 2.49. The van der Waals surface area contributed by atoms with Crippen molar-refractivity contribution in [3.8, 4) is 0 Å². The van der Waals surface area contributed by atoms with Gasteiger partial charge in [-0.25, -0.2) is 0 Å². The largest absolute Gasteiger partial charge is 0.378 e. The summed E-state index contributed by atoms with van der Waals surface area (Å²) < 4.78 is 5.32. The summed E-state index contributed by atoms with van der Waals surface area (Å²) in [5.41, 5.74) is 3.56. The molecule has 1 aromatic carbocycles. The van der Waals surface area contributed by atoms with Crippen molar-refractivity contribution in [2.24, 2.45) is 0 Å². The van der Waals surface area contributed by atoms with E-state index in [1.54, 1.807) is 0 Å². The molecule has 0 bridgehead atoms. The van der Waals surface area contributed by atoms with E-state index in [0.29, 0.717) is 26.3 Å². The van der Waals surface area contributed by atoms with Crippen LogP contribution in [0.25, 0.3) is 10.9 Å². The Labute approximate surface area is 118 Å². The Morgan fingerprint density at radius 1 is 1.20 bits per heavy atom. The molecule has 20 heavy (non-hydrogen) atoms. The molecule has 0 unspecified atom stereocenters. The Morgan fingerprint density at radius 3 is 2.65 bits per heavy atom. The lowest BCUT2D eigenvalue weighted by Gasteiger charge is -2.28. The molecule has 0 N–H and O–H groups in total. The summed E-state index contributed by atoms with van der Waals surface area (Å²) in [7, 11) is 0. The highest BCUT2D eigenvalue weighted by Gasteiger charge is 2.23. The number of amides is 1. The van der Waals surface area contributed by atoms with Crippen molar-refractivity contribution in [3.63, 3.8) is 0 Å². The van der Waals surface area contributed by atoms with Crippen LogP contribution in [0.15, 0.2) is 24.3 Å². The van der Waals surface area contributed by atoms with Gasteiger partial charge in [-0.3, -0.25) is 9.78 Å². The molecule has 1 amide bonds. The molecule has 0 atom stereocenters. The Kier molecular flexibility index (Phi) is 3.40. The minimum Gasteiger partial charge on any atom is -0.378 e. The number of rotatable bonds is 1. The first-order valence-electron chi connectivity index (χ1n) is 6.91. The molecular formula is C16H18N2O2. The summed E-state index contributed by atoms with van der Waals surface area (Å²) in [6.07, 6.45) is 0. The maximum atomic E-state index is 12.8. The molecule has 0 aliphatic carbocycles. The number of carbonyl (C=O) groups excluding carboxylic acids is 1. The van der Waals surface area contributed by atoms with Gasteiger partial charge in [-0.1, -0.05) is 18.2 Å². The van der Waals surface area contributed by atoms with Crippen LogP contribution in [-0.4, -0.2) is 42.1 Å². The Bertz CT molecular complexity index is 661. The number of hydrogen-bond donors (Lipinski definition) is 0. The molecule has 1 saturated heterocycles. The number of pyridine rings is 1. The number of aryl methyl sites for hydroxylation is 1. The van der Waals surface area contributed by atoms with E-state index >= 15 is 0 Å². The van der Waals surface area contributed by atoms with Crippen molar-refractivity contribution >= 4 is 16.8 Å². The quantitative estimate of drug-likeness (QED) is 0.798. The van der Waals surface area contributed by atoms with Crippen LogP contribution >= 0.6 is 0 Å². The van der Waals surface area contributed by atoms with Gasteiger partial charge in [0.2, 0.25) is 0 Å². The predicted molar refractivity (Wildman–Crippen MR) is 77.9 cm³/mol. The number of aromatic nitrogens is 1. The number of hydrogen-bond acceptors (Lipinski definition) is 3. The Hall–Kier alpha value is -1.94. The Morgan fingerprint density at radius 2 is 1.90 bits per heavy atom. The fourth-order valence-electron chi connectivity index (χ4n) is 2.63. The number of fused-ring (bicyclic) bond motifs is 1. The monoisotopic (exact) mass is 270 g/mol. The maximum Gasteiger partial charge on any atom is 0.255 e. The maximum absolute atomic E-state index is 12.8. The van der Waals surface area contributed by atoms with Crippen LogP contribution < -0.4 is 0 Å². The van der Waals surface area contributed by atoms with Gasteiger partial charge in [0, 0.05) is 24.2 Å². The summed E-state index contributed by atoms with van der Waals surface area (Å²) in [5.74, 6) is 0.0903. The van der Waals surface area contributed by atoms with Crippen LogP contribution in [0.5, 0.6) is 0 Å². The van der Waals surface area contributed by atoms with Crippen molar-refractivity contribution in [2.75, 3.05) is 26.3 Å². The number of nitrogens with zero attached hydrogens (tertiary/aromatic N) is 2. The zero-order chi connectivity index (χ0) is 14.1. The third-order valence-electron chi connectivity index (χ3n) is 3.89. The van der Waals surface area contributed by atoms with Crippen molar-refractivity contribution < 1.29 is 9.53 Å². The summed E-state index contributed by atoms with van der Waals surface area (Å²) in [5, 5.41) is 0.937. The second-order valence-electron chi connectivity index (χ2n) is 5.12. The van der Waals surface area contributed by atoms with Crippen LogP contribution in [0.1, 0.15) is 21.6 Å². The van der Waals surface area contributed by atoms with E-state index in [1.807, 2.05) is 43.0 Å². The fourth-order valence-corrected chi connectivity index (χ4v) is 2.63. The van der Waals surface area contributed by atoms with Gasteiger partial charge in [0.05, 0.1) is 24.3 Å². The highest BCUT2D eigenvalue weighted by atomic mass is 16.5. The molecule has 4 heteroatoms. The van der Waals surface area contributed by atoms with Crippen molar-refractivity contribution in [2.45, 2.75) is 13.8 Å². The summed E-state index contributed by atoms with van der Waals surface area (Å²) in [6, 6.07) is 7.84. The first kappa shape index (κ1) is 13.1. The number of ether oxygens (including phenoxy) is 1. The van der Waals surface area contributed by atoms with Crippen LogP contribution in [0.3, 0.4) is 0 Å². The number of morpholine rings is 1. The van der Waals surface area contributed by atoms with E-state index in [0.717, 1.165) is 27.7 Å². The molecule has 0 spiro atoms. The zero-order valence-corrected chi connectivity index (χ0v) is 11.8. The van der Waals surface area contributed by atoms with E-state index in [4.69, 9.17) is 4.74 Å². The predicted octanol–water partition coefficient (Wildman–Crippen LogP) is 2.32. The van der Waals surface area contributed by atoms with Gasteiger partial charge in [0.1, 0.15) is 0 Å². The molecule has 0 radical (unpaired) electrons. The van der Waals surface area contributed by atoms with Gasteiger partial charge in [-0.2, -0.15) is 0 Å². The second kappa shape index (κ2) is 5.21. The highest BCUT2D eigenvalue weighted by Crippen LogP contribution is 2.24. The van der Waals surface area contributed by atoms with Crippen LogP contribution in [0.2, 0.25) is 0 Å². The van der Waals surface area contributed by atoms with E-state index in [1.165, 1.54) is 0 Å². The lowest BCUT2D eigenvalue weighted by Crippen LogP contribution is -2.41. The van der Waals surface area contributed by atoms with Crippen LogP contribution in [-0.2, 0) is 4.74 Å². The number of para-hydroxylation sites is 1. The van der Waals surface area contributed by atoms with E-state index in [9.17, 15) is 4.79 Å². The normalized spacial score (nSPS) is 15.6. The smallest absolute Gasteiger partial charge is 0.255 e. The molecule has 2 aromatic rings. The van der Waals surface area contributed by atoms with Crippen molar-refractivity contribution in [1.82, 2.24) is 9.88 Å². The molecule has 1 aromatic heterocycles. The van der Waals surface area contributed by atoms with Crippen molar-refractivity contribution in [3.05, 3.63) is 41.1 Å². The van der Waals surface area contributed by atoms with E-state index in [2.05, 4.69) is 4.98 Å². The molecule has 4 nitrogen and oxygen atoms in total. The van der Waals surface area contributed by atoms with E-state index in [-0.39, 0.29) is 5.91 Å². The molecule has 104 valence electrons. The summed E-state index contributed by atoms with van der Waals surface area (Å²) >= 11 is 0. The highest BCUT2D eigenvalue weighted by molar-refractivity contribution is 6.07. The van der Waals surface area contributed by atoms with Gasteiger partial charge in [0.25, 0.3) is 5.91 Å². The zero-order valence-electron chi connectivity index (χ0n) is 11.8. The molecule has 1 aliphatic heterocycles. The van der Waals surface area contributed by atoms with Crippen LogP contribution in [0, 0.1) is 13.8 Å². The van der Waals surface area contributed by atoms with E-state index < -0.39 is 0 Å². The molecule has 3 rings (SSSR count). The van der Waals surface area contributed by atoms with Gasteiger partial charge < -0.3 is 9.64 Å². The van der Waals surface area contributed by atoms with Crippen molar-refractivity contribution in [1.29, 1.82) is 0 Å². The average molecular weight is 270 g/mol. The third-order valence-corrected chi connectivity index (χ3v) is 3.89. The first-order chi connectivity index (χ1) is 9.68. The lowest BCUT2D eigenvalue weighted by molar-refractivity contribution is 0.0303. The summed E-state index contributed by atoms with van der Waals surface area (Å²) in [4.78, 5) is 19.3. The summed E-state index contributed by atoms with van der Waals surface area (Å²) in [6.45, 7) is 6.49. The minimum absolute atomic E-state index is 0.0903. The van der Waals surface area contributed by atoms with Gasteiger partial charge >= 0.3 is 0 Å². The number of carbonyl (C=O) groups is 1. The molecule has 0 saturated carbocycles. The molecule has 2 heterocycles. The van der Waals surface area contributed by atoms with Gasteiger partial charge in [-0.15, -0.1) is 0 Å². The van der Waals surface area contributed by atoms with Gasteiger partial charge in [-0.05, 0) is 25.5 Å². The molecular weight excluding hydrogens is 252 g/mol. The third kappa shape index (κ3) is 2.16. The fraction of sp³-hybridized carbons (Fsp3) is 0.375. The molecule has 1 aliphatic rings. The molecule has 1 fully saturated rings. The van der Waals surface area contributed by atoms with Gasteiger partial charge in [0.15, 0.2) is 0 Å². The number of benzene rings is 1. The standard InChI is InChI=1S/C16H18N2O2/c1-11-12(2)17-14-6-4-3-5-13(14)15(11)16(19)18-7-9-20-10-8-18/h3-6H,7-10H2,1-2H3.